The molecule has 5 nitrogen and oxygen atoms in total. The number of hydrogen-bond acceptors (Lipinski definition) is 4. The van der Waals surface area contributed by atoms with Crippen LogP contribution in [0.5, 0.6) is 0 Å². The van der Waals surface area contributed by atoms with Gasteiger partial charge in [0.2, 0.25) is 5.95 Å². The number of hydrogen-bond donors (Lipinski definition) is 1. The van der Waals surface area contributed by atoms with Crippen molar-refractivity contribution in [1.82, 2.24) is 14.9 Å². The first-order chi connectivity index (χ1) is 8.79. The van der Waals surface area contributed by atoms with Crippen LogP contribution in [0.2, 0.25) is 0 Å². The number of rotatable bonds is 1. The second-order valence-corrected chi connectivity index (χ2v) is 7.17. The Labute approximate surface area is 127 Å². The molecule has 19 heavy (non-hydrogen) atoms. The highest BCUT2D eigenvalue weighted by Gasteiger charge is 2.24. The number of likely N-dealkylation sites (N-methyl/N-ethyl adjacent to an activating group) is 1. The number of nitrogens with one attached hydrogen (secondary N) is 1. The summed E-state index contributed by atoms with van der Waals surface area (Å²) in [5.74, 6) is 0.712. The van der Waals surface area contributed by atoms with Crippen molar-refractivity contribution in [3.05, 3.63) is 19.6 Å². The molecule has 0 atom stereocenters. The molecule has 0 aromatic carbocycles. The fourth-order valence-electron chi connectivity index (χ4n) is 2.11. The molecule has 0 saturated carbocycles. The van der Waals surface area contributed by atoms with E-state index in [0.717, 1.165) is 31.9 Å². The van der Waals surface area contributed by atoms with Crippen molar-refractivity contribution in [2.24, 2.45) is 0 Å². The summed E-state index contributed by atoms with van der Waals surface area (Å²) in [6, 6.07) is 0. The lowest BCUT2D eigenvalue weighted by molar-refractivity contribution is 0.310. The van der Waals surface area contributed by atoms with Crippen LogP contribution in [0.4, 0.5) is 5.95 Å². The predicted octanol–water partition coefficient (Wildman–Crippen LogP) is 1.42. The summed E-state index contributed by atoms with van der Waals surface area (Å²) in [4.78, 5) is 24.1. The SMILES string of the molecule is CN1CCN(c2nc(C(C)(C)C)c(I)c(=O)[nH]2)CC1. The molecule has 1 aromatic heterocycles. The maximum absolute atomic E-state index is 12.1. The molecule has 1 N–H and O–H groups in total. The van der Waals surface area contributed by atoms with Gasteiger partial charge in [-0.25, -0.2) is 4.98 Å². The van der Waals surface area contributed by atoms with Crippen molar-refractivity contribution >= 4 is 28.5 Å². The standard InChI is InChI=1S/C13H21IN4O/c1-13(2,3)10-9(14)11(19)16-12(15-10)18-7-5-17(4)6-8-18/h5-8H2,1-4H3,(H,15,16,19). The summed E-state index contributed by atoms with van der Waals surface area (Å²) >= 11 is 2.09. The molecule has 0 spiro atoms. The quantitative estimate of drug-likeness (QED) is 0.754. The molecule has 0 radical (unpaired) electrons. The van der Waals surface area contributed by atoms with Gasteiger partial charge >= 0.3 is 0 Å². The average Bonchev–Trinajstić information content (AvgIpc) is 2.32. The van der Waals surface area contributed by atoms with Gasteiger partial charge in [-0.05, 0) is 29.6 Å². The maximum Gasteiger partial charge on any atom is 0.266 e. The van der Waals surface area contributed by atoms with Crippen molar-refractivity contribution in [2.75, 3.05) is 38.1 Å². The second kappa shape index (κ2) is 5.40. The Morgan fingerprint density at radius 1 is 1.21 bits per heavy atom. The zero-order valence-corrected chi connectivity index (χ0v) is 14.1. The van der Waals surface area contributed by atoms with E-state index in [2.05, 4.69) is 65.2 Å². The van der Waals surface area contributed by atoms with Gasteiger partial charge in [0.1, 0.15) is 3.57 Å². The number of anilines is 1. The Bertz CT molecular complexity index is 512. The van der Waals surface area contributed by atoms with Gasteiger partial charge in [-0.1, -0.05) is 20.8 Å². The van der Waals surface area contributed by atoms with Gasteiger partial charge < -0.3 is 9.80 Å². The number of nitrogens with zero attached hydrogens (tertiary/aromatic N) is 3. The lowest BCUT2D eigenvalue weighted by Crippen LogP contribution is -2.46. The topological polar surface area (TPSA) is 52.2 Å². The molecule has 0 amide bonds. The largest absolute Gasteiger partial charge is 0.340 e. The van der Waals surface area contributed by atoms with E-state index >= 15 is 0 Å². The van der Waals surface area contributed by atoms with Crippen molar-refractivity contribution in [3.8, 4) is 0 Å². The molecule has 1 aliphatic heterocycles. The Kier molecular flexibility index (Phi) is 4.20. The minimum Gasteiger partial charge on any atom is -0.340 e. The molecular formula is C13H21IN4O. The van der Waals surface area contributed by atoms with Crippen molar-refractivity contribution in [2.45, 2.75) is 26.2 Å². The third kappa shape index (κ3) is 3.28. The van der Waals surface area contributed by atoms with E-state index in [9.17, 15) is 4.79 Å². The average molecular weight is 376 g/mol. The van der Waals surface area contributed by atoms with Crippen LogP contribution < -0.4 is 10.5 Å². The Hall–Kier alpha value is -0.630. The van der Waals surface area contributed by atoms with E-state index in [1.165, 1.54) is 0 Å². The lowest BCUT2D eigenvalue weighted by atomic mass is 9.92. The number of aromatic amines is 1. The van der Waals surface area contributed by atoms with Gasteiger partial charge in [0.25, 0.3) is 5.56 Å². The minimum absolute atomic E-state index is 0.0329. The summed E-state index contributed by atoms with van der Waals surface area (Å²) in [7, 11) is 2.11. The fourth-order valence-corrected chi connectivity index (χ4v) is 3.18. The Morgan fingerprint density at radius 2 is 1.79 bits per heavy atom. The zero-order chi connectivity index (χ0) is 14.2. The molecule has 1 aromatic rings. The fraction of sp³-hybridized carbons (Fsp3) is 0.692. The monoisotopic (exact) mass is 376 g/mol. The third-order valence-corrected chi connectivity index (χ3v) is 4.36. The number of piperazine rings is 1. The molecule has 1 aliphatic rings. The molecule has 0 aliphatic carbocycles. The molecule has 2 rings (SSSR count). The number of H-pyrrole nitrogens is 1. The highest BCUT2D eigenvalue weighted by Crippen LogP contribution is 2.24. The van der Waals surface area contributed by atoms with Gasteiger partial charge in [0.15, 0.2) is 0 Å². The van der Waals surface area contributed by atoms with Crippen LogP contribution in [-0.2, 0) is 5.41 Å². The number of aromatic nitrogens is 2. The van der Waals surface area contributed by atoms with Crippen molar-refractivity contribution in [3.63, 3.8) is 0 Å². The van der Waals surface area contributed by atoms with Crippen LogP contribution in [0, 0.1) is 3.57 Å². The van der Waals surface area contributed by atoms with E-state index in [-0.39, 0.29) is 11.0 Å². The van der Waals surface area contributed by atoms with E-state index in [4.69, 9.17) is 4.98 Å². The summed E-state index contributed by atoms with van der Waals surface area (Å²) in [6.45, 7) is 10.1. The van der Waals surface area contributed by atoms with Crippen LogP contribution in [0.3, 0.4) is 0 Å². The van der Waals surface area contributed by atoms with E-state index in [1.54, 1.807) is 0 Å². The number of halogens is 1. The summed E-state index contributed by atoms with van der Waals surface area (Å²) < 4.78 is 0.697. The van der Waals surface area contributed by atoms with E-state index < -0.39 is 0 Å². The third-order valence-electron chi connectivity index (χ3n) is 3.36. The molecule has 106 valence electrons. The van der Waals surface area contributed by atoms with Gasteiger partial charge in [-0.3, -0.25) is 9.78 Å². The molecule has 1 fully saturated rings. The van der Waals surface area contributed by atoms with Crippen LogP contribution in [0.25, 0.3) is 0 Å². The zero-order valence-electron chi connectivity index (χ0n) is 12.0. The first-order valence-electron chi connectivity index (χ1n) is 6.53. The minimum atomic E-state index is -0.119. The van der Waals surface area contributed by atoms with Gasteiger partial charge in [0.05, 0.1) is 5.69 Å². The normalized spacial score (nSPS) is 17.8. The maximum atomic E-state index is 12.1. The highest BCUT2D eigenvalue weighted by atomic mass is 127. The molecular weight excluding hydrogens is 355 g/mol. The molecule has 2 heterocycles. The van der Waals surface area contributed by atoms with Gasteiger partial charge in [0, 0.05) is 31.6 Å². The first kappa shape index (κ1) is 14.8. The van der Waals surface area contributed by atoms with Crippen LogP contribution in [0.1, 0.15) is 26.5 Å². The lowest BCUT2D eigenvalue weighted by Gasteiger charge is -2.33. The molecule has 6 heteroatoms. The first-order valence-corrected chi connectivity index (χ1v) is 7.60. The molecule has 0 unspecified atom stereocenters. The Balaban J connectivity index is 2.37. The smallest absolute Gasteiger partial charge is 0.266 e. The summed E-state index contributed by atoms with van der Waals surface area (Å²) in [6.07, 6.45) is 0. The van der Waals surface area contributed by atoms with Crippen molar-refractivity contribution in [1.29, 1.82) is 0 Å². The second-order valence-electron chi connectivity index (χ2n) is 6.09. The van der Waals surface area contributed by atoms with Crippen molar-refractivity contribution < 1.29 is 0 Å². The molecule has 1 saturated heterocycles. The predicted molar refractivity (Wildman–Crippen MR) is 86.0 cm³/mol. The van der Waals surface area contributed by atoms with Crippen LogP contribution >= 0.6 is 22.6 Å². The van der Waals surface area contributed by atoms with E-state index in [1.807, 2.05) is 0 Å². The molecule has 0 bridgehead atoms. The van der Waals surface area contributed by atoms with Gasteiger partial charge in [-0.15, -0.1) is 0 Å². The van der Waals surface area contributed by atoms with Gasteiger partial charge in [-0.2, -0.15) is 0 Å². The van der Waals surface area contributed by atoms with E-state index in [0.29, 0.717) is 9.52 Å². The van der Waals surface area contributed by atoms with Crippen LogP contribution in [-0.4, -0.2) is 48.1 Å². The summed E-state index contributed by atoms with van der Waals surface area (Å²) in [5.41, 5.74) is 0.728. The van der Waals surface area contributed by atoms with Crippen LogP contribution in [0.15, 0.2) is 4.79 Å². The highest BCUT2D eigenvalue weighted by molar-refractivity contribution is 14.1. The summed E-state index contributed by atoms with van der Waals surface area (Å²) in [5, 5.41) is 0. The Morgan fingerprint density at radius 3 is 2.32 bits per heavy atom.